The van der Waals surface area contributed by atoms with Gasteiger partial charge >= 0.3 is 0 Å². The largest absolute Gasteiger partial charge is 0.437 e. The third-order valence-electron chi connectivity index (χ3n) is 6.41. The van der Waals surface area contributed by atoms with Crippen molar-refractivity contribution in [3.05, 3.63) is 70.9 Å². The Hall–Kier alpha value is -2.38. The number of para-hydroxylation sites is 2. The molecule has 0 unspecified atom stereocenters. The number of aliphatic hydroxyl groups excluding tert-OH is 1. The number of hydrogen-bond acceptors (Lipinski definition) is 5. The summed E-state index contributed by atoms with van der Waals surface area (Å²) in [5.74, 6) is 1.23. The SMILES string of the molecule is CCCC[C@@H](O)CN(Cc1c(C)nn(-c2ccccc2)c1Oc1ccccc1Cl)C[C@H]1CCCO1. The van der Waals surface area contributed by atoms with Gasteiger partial charge in [0.1, 0.15) is 5.75 Å². The molecule has 1 fully saturated rings. The average molecular weight is 498 g/mol. The Bertz CT molecular complexity index is 1070. The Balaban J connectivity index is 1.67. The van der Waals surface area contributed by atoms with E-state index in [0.717, 1.165) is 62.2 Å². The van der Waals surface area contributed by atoms with Crippen LogP contribution in [0.3, 0.4) is 0 Å². The number of rotatable bonds is 12. The van der Waals surface area contributed by atoms with Crippen molar-refractivity contribution in [2.45, 2.75) is 64.7 Å². The third kappa shape index (κ3) is 6.85. The Morgan fingerprint density at radius 3 is 2.69 bits per heavy atom. The number of aliphatic hydroxyl groups is 1. The van der Waals surface area contributed by atoms with Gasteiger partial charge in [-0.25, -0.2) is 4.68 Å². The normalized spacial score (nSPS) is 16.7. The minimum atomic E-state index is -0.381. The second-order valence-electron chi connectivity index (χ2n) is 9.27. The van der Waals surface area contributed by atoms with Gasteiger partial charge in [0.25, 0.3) is 0 Å². The van der Waals surface area contributed by atoms with Crippen LogP contribution in [0, 0.1) is 6.92 Å². The molecule has 1 aromatic heterocycles. The predicted octanol–water partition coefficient (Wildman–Crippen LogP) is 6.16. The zero-order chi connectivity index (χ0) is 24.6. The van der Waals surface area contributed by atoms with Crippen LogP contribution in [0.5, 0.6) is 11.6 Å². The molecule has 7 heteroatoms. The van der Waals surface area contributed by atoms with E-state index in [1.165, 1.54) is 0 Å². The van der Waals surface area contributed by atoms with Crippen molar-refractivity contribution >= 4 is 11.6 Å². The topological polar surface area (TPSA) is 59.8 Å². The lowest BCUT2D eigenvalue weighted by atomic mass is 10.1. The molecule has 1 aliphatic rings. The van der Waals surface area contributed by atoms with Crippen LogP contribution in [-0.4, -0.2) is 51.7 Å². The highest BCUT2D eigenvalue weighted by atomic mass is 35.5. The van der Waals surface area contributed by atoms with Gasteiger partial charge in [-0.2, -0.15) is 5.10 Å². The van der Waals surface area contributed by atoms with Crippen molar-refractivity contribution in [2.75, 3.05) is 19.7 Å². The second-order valence-corrected chi connectivity index (χ2v) is 9.68. The highest BCUT2D eigenvalue weighted by Crippen LogP contribution is 2.35. The summed E-state index contributed by atoms with van der Waals surface area (Å²) in [5, 5.41) is 16.1. The van der Waals surface area contributed by atoms with Crippen molar-refractivity contribution in [3.63, 3.8) is 0 Å². The van der Waals surface area contributed by atoms with E-state index in [1.807, 2.05) is 66.2 Å². The van der Waals surface area contributed by atoms with E-state index in [2.05, 4.69) is 11.8 Å². The number of hydrogen-bond donors (Lipinski definition) is 1. The quantitative estimate of drug-likeness (QED) is 0.325. The maximum absolute atomic E-state index is 10.7. The van der Waals surface area contributed by atoms with Gasteiger partial charge in [-0.15, -0.1) is 0 Å². The lowest BCUT2D eigenvalue weighted by Crippen LogP contribution is -2.37. The lowest BCUT2D eigenvalue weighted by molar-refractivity contribution is 0.0434. The summed E-state index contributed by atoms with van der Waals surface area (Å²) in [6.45, 7) is 6.92. The molecule has 1 N–H and O–H groups in total. The lowest BCUT2D eigenvalue weighted by Gasteiger charge is -2.27. The van der Waals surface area contributed by atoms with Crippen molar-refractivity contribution in [2.24, 2.45) is 0 Å². The first kappa shape index (κ1) is 25.7. The molecule has 0 aliphatic carbocycles. The van der Waals surface area contributed by atoms with Gasteiger partial charge < -0.3 is 14.6 Å². The number of aromatic nitrogens is 2. The Labute approximate surface area is 213 Å². The van der Waals surface area contributed by atoms with E-state index in [-0.39, 0.29) is 12.2 Å². The van der Waals surface area contributed by atoms with Gasteiger partial charge in [-0.05, 0) is 50.5 Å². The summed E-state index contributed by atoms with van der Waals surface area (Å²) in [6, 6.07) is 17.4. The summed E-state index contributed by atoms with van der Waals surface area (Å²) in [6.07, 6.45) is 4.82. The first-order valence-corrected chi connectivity index (χ1v) is 13.0. The van der Waals surface area contributed by atoms with E-state index in [9.17, 15) is 5.11 Å². The van der Waals surface area contributed by atoms with E-state index < -0.39 is 0 Å². The Morgan fingerprint density at radius 1 is 1.20 bits per heavy atom. The molecule has 2 atom stereocenters. The predicted molar refractivity (Wildman–Crippen MR) is 140 cm³/mol. The highest BCUT2D eigenvalue weighted by molar-refractivity contribution is 6.32. The van der Waals surface area contributed by atoms with Crippen LogP contribution in [0.25, 0.3) is 5.69 Å². The molecular formula is C28H36ClN3O3. The summed E-state index contributed by atoms with van der Waals surface area (Å²) in [5.41, 5.74) is 2.78. The second kappa shape index (κ2) is 12.5. The molecule has 2 heterocycles. The minimum absolute atomic E-state index is 0.186. The fraction of sp³-hybridized carbons (Fsp3) is 0.464. The van der Waals surface area contributed by atoms with Crippen LogP contribution in [0.2, 0.25) is 5.02 Å². The van der Waals surface area contributed by atoms with Crippen LogP contribution in [0.4, 0.5) is 0 Å². The average Bonchev–Trinajstić information content (AvgIpc) is 3.48. The molecule has 0 saturated carbocycles. The molecule has 0 bridgehead atoms. The molecule has 3 aromatic rings. The summed E-state index contributed by atoms with van der Waals surface area (Å²) in [7, 11) is 0. The number of benzene rings is 2. The first-order valence-electron chi connectivity index (χ1n) is 12.6. The number of aryl methyl sites for hydroxylation is 1. The van der Waals surface area contributed by atoms with Gasteiger partial charge in [0.05, 0.1) is 34.2 Å². The van der Waals surface area contributed by atoms with E-state index in [1.54, 1.807) is 0 Å². The summed E-state index contributed by atoms with van der Waals surface area (Å²) < 4.78 is 14.2. The molecule has 0 radical (unpaired) electrons. The van der Waals surface area contributed by atoms with Gasteiger partial charge in [0, 0.05) is 26.2 Å². The van der Waals surface area contributed by atoms with Crippen LogP contribution in [-0.2, 0) is 11.3 Å². The van der Waals surface area contributed by atoms with Crippen LogP contribution in [0.1, 0.15) is 50.3 Å². The first-order chi connectivity index (χ1) is 17.0. The van der Waals surface area contributed by atoms with Gasteiger partial charge in [-0.1, -0.05) is 61.7 Å². The van der Waals surface area contributed by atoms with Crippen molar-refractivity contribution < 1.29 is 14.6 Å². The Morgan fingerprint density at radius 2 is 1.97 bits per heavy atom. The van der Waals surface area contributed by atoms with Gasteiger partial charge in [-0.3, -0.25) is 4.90 Å². The standard InChI is InChI=1S/C28H36ClN3O3/c1-3-4-13-23(33)18-31(19-24-14-10-17-34-24)20-25-21(2)30-32(22-11-6-5-7-12-22)28(25)35-27-16-9-8-15-26(27)29/h5-9,11-12,15-16,23-24,33H,3-4,10,13-14,17-20H2,1-2H3/t23-,24-/m1/s1. The van der Waals surface area contributed by atoms with Gasteiger partial charge in [0.15, 0.2) is 0 Å². The molecule has 0 spiro atoms. The summed E-state index contributed by atoms with van der Waals surface area (Å²) in [4.78, 5) is 2.29. The minimum Gasteiger partial charge on any atom is -0.437 e. The van der Waals surface area contributed by atoms with Crippen molar-refractivity contribution in [1.29, 1.82) is 0 Å². The molecule has 0 amide bonds. The molecule has 188 valence electrons. The van der Waals surface area contributed by atoms with Crippen LogP contribution >= 0.6 is 11.6 Å². The zero-order valence-electron chi connectivity index (χ0n) is 20.7. The van der Waals surface area contributed by atoms with Crippen LogP contribution < -0.4 is 4.74 Å². The monoisotopic (exact) mass is 497 g/mol. The molecular weight excluding hydrogens is 462 g/mol. The molecule has 2 aromatic carbocycles. The maximum Gasteiger partial charge on any atom is 0.227 e. The molecule has 1 saturated heterocycles. The van der Waals surface area contributed by atoms with Crippen molar-refractivity contribution in [3.8, 4) is 17.3 Å². The van der Waals surface area contributed by atoms with E-state index in [0.29, 0.717) is 29.7 Å². The maximum atomic E-state index is 10.7. The fourth-order valence-electron chi connectivity index (χ4n) is 4.53. The van der Waals surface area contributed by atoms with Gasteiger partial charge in [0.2, 0.25) is 5.88 Å². The molecule has 6 nitrogen and oxygen atoms in total. The number of halogens is 1. The molecule has 1 aliphatic heterocycles. The summed E-state index contributed by atoms with van der Waals surface area (Å²) >= 11 is 6.45. The molecule has 35 heavy (non-hydrogen) atoms. The fourth-order valence-corrected chi connectivity index (χ4v) is 4.71. The van der Waals surface area contributed by atoms with Crippen LogP contribution in [0.15, 0.2) is 54.6 Å². The van der Waals surface area contributed by atoms with E-state index in [4.69, 9.17) is 26.2 Å². The third-order valence-corrected chi connectivity index (χ3v) is 6.72. The number of ether oxygens (including phenoxy) is 2. The number of nitrogens with zero attached hydrogens (tertiary/aromatic N) is 3. The van der Waals surface area contributed by atoms with Crippen molar-refractivity contribution in [1.82, 2.24) is 14.7 Å². The zero-order valence-corrected chi connectivity index (χ0v) is 21.5. The number of unbranched alkanes of at least 4 members (excludes halogenated alkanes) is 1. The van der Waals surface area contributed by atoms with E-state index >= 15 is 0 Å². The Kier molecular flexibility index (Phi) is 9.21. The highest BCUT2D eigenvalue weighted by Gasteiger charge is 2.26. The smallest absolute Gasteiger partial charge is 0.227 e. The molecule has 4 rings (SSSR count).